The lowest BCUT2D eigenvalue weighted by atomic mass is 10.00. The lowest BCUT2D eigenvalue weighted by Gasteiger charge is -2.24. The van der Waals surface area contributed by atoms with Crippen molar-refractivity contribution in [2.75, 3.05) is 0 Å². The lowest BCUT2D eigenvalue weighted by Crippen LogP contribution is -2.24. The van der Waals surface area contributed by atoms with Crippen LogP contribution in [-0.2, 0) is 0 Å². The van der Waals surface area contributed by atoms with E-state index < -0.39 is 0 Å². The molecule has 2 heteroatoms. The van der Waals surface area contributed by atoms with Gasteiger partial charge in [-0.2, -0.15) is 0 Å². The standard InChI is InChI=1S/C18H22BrN/c1-3-7-18(16-8-5-4-6-9-16)20-14(2)15-10-12-17(19)13-11-15/h4-6,8-14,18,20H,3,7H2,1-2H3/t14-,18?/m1/s1. The smallest absolute Gasteiger partial charge is 0.0325 e. The third-order valence-electron chi connectivity index (χ3n) is 3.60. The second-order valence-electron chi connectivity index (χ2n) is 5.19. The Kier molecular flexibility index (Phi) is 5.81. The van der Waals surface area contributed by atoms with E-state index in [1.165, 1.54) is 17.5 Å². The minimum absolute atomic E-state index is 0.347. The molecule has 1 nitrogen and oxygen atoms in total. The van der Waals surface area contributed by atoms with E-state index in [9.17, 15) is 0 Å². The highest BCUT2D eigenvalue weighted by molar-refractivity contribution is 9.10. The fourth-order valence-electron chi connectivity index (χ4n) is 2.47. The molecular formula is C18H22BrN. The second-order valence-corrected chi connectivity index (χ2v) is 6.11. The molecule has 0 amide bonds. The Labute approximate surface area is 130 Å². The predicted octanol–water partition coefficient (Wildman–Crippen LogP) is 5.64. The zero-order valence-electron chi connectivity index (χ0n) is 12.1. The number of nitrogens with one attached hydrogen (secondary N) is 1. The van der Waals surface area contributed by atoms with Crippen molar-refractivity contribution < 1.29 is 0 Å². The molecule has 0 fully saturated rings. The highest BCUT2D eigenvalue weighted by Crippen LogP contribution is 2.24. The number of benzene rings is 2. The Morgan fingerprint density at radius 2 is 1.60 bits per heavy atom. The Morgan fingerprint density at radius 3 is 2.20 bits per heavy atom. The van der Waals surface area contributed by atoms with Crippen LogP contribution in [0.3, 0.4) is 0 Å². The van der Waals surface area contributed by atoms with Crippen LogP contribution in [0, 0.1) is 0 Å². The van der Waals surface area contributed by atoms with Gasteiger partial charge in [0.15, 0.2) is 0 Å². The topological polar surface area (TPSA) is 12.0 Å². The number of hydrogen-bond acceptors (Lipinski definition) is 1. The largest absolute Gasteiger partial charge is 0.303 e. The number of rotatable bonds is 6. The Hall–Kier alpha value is -1.12. The molecule has 0 bridgehead atoms. The van der Waals surface area contributed by atoms with Gasteiger partial charge in [-0.3, -0.25) is 0 Å². The zero-order valence-corrected chi connectivity index (χ0v) is 13.7. The van der Waals surface area contributed by atoms with Crippen LogP contribution in [0.15, 0.2) is 59.1 Å². The molecule has 2 aromatic rings. The van der Waals surface area contributed by atoms with Crippen LogP contribution in [0.5, 0.6) is 0 Å². The van der Waals surface area contributed by atoms with E-state index in [4.69, 9.17) is 0 Å². The second kappa shape index (κ2) is 7.61. The summed E-state index contributed by atoms with van der Waals surface area (Å²) in [5, 5.41) is 3.75. The van der Waals surface area contributed by atoms with Gasteiger partial charge in [-0.05, 0) is 36.6 Å². The molecule has 0 aromatic heterocycles. The molecule has 106 valence electrons. The molecule has 2 aromatic carbocycles. The van der Waals surface area contributed by atoms with Crippen LogP contribution >= 0.6 is 15.9 Å². The molecule has 1 unspecified atom stereocenters. The molecule has 0 aliphatic carbocycles. The number of halogens is 1. The van der Waals surface area contributed by atoms with Crippen molar-refractivity contribution in [3.05, 3.63) is 70.2 Å². The molecular weight excluding hydrogens is 310 g/mol. The summed E-state index contributed by atoms with van der Waals surface area (Å²) in [6.07, 6.45) is 2.34. The summed E-state index contributed by atoms with van der Waals surface area (Å²) in [7, 11) is 0. The van der Waals surface area contributed by atoms with Crippen molar-refractivity contribution in [2.24, 2.45) is 0 Å². The van der Waals surface area contributed by atoms with E-state index in [-0.39, 0.29) is 0 Å². The highest BCUT2D eigenvalue weighted by atomic mass is 79.9. The molecule has 2 atom stereocenters. The maximum Gasteiger partial charge on any atom is 0.0325 e. The van der Waals surface area contributed by atoms with Gasteiger partial charge in [-0.1, -0.05) is 71.7 Å². The van der Waals surface area contributed by atoms with Gasteiger partial charge in [0.1, 0.15) is 0 Å². The first-order chi connectivity index (χ1) is 9.70. The molecule has 0 aliphatic heterocycles. The summed E-state index contributed by atoms with van der Waals surface area (Å²) in [6.45, 7) is 4.47. The van der Waals surface area contributed by atoms with Gasteiger partial charge in [-0.15, -0.1) is 0 Å². The van der Waals surface area contributed by atoms with E-state index in [0.717, 1.165) is 10.9 Å². The van der Waals surface area contributed by atoms with Crippen LogP contribution in [0.4, 0.5) is 0 Å². The van der Waals surface area contributed by atoms with E-state index in [0.29, 0.717) is 12.1 Å². The third-order valence-corrected chi connectivity index (χ3v) is 4.13. The lowest BCUT2D eigenvalue weighted by molar-refractivity contribution is 0.439. The molecule has 0 heterocycles. The third kappa shape index (κ3) is 4.19. The molecule has 0 aliphatic rings. The SMILES string of the molecule is CCCC(N[C@H](C)c1ccc(Br)cc1)c1ccccc1. The minimum Gasteiger partial charge on any atom is -0.303 e. The predicted molar refractivity (Wildman–Crippen MR) is 89.8 cm³/mol. The fraction of sp³-hybridized carbons (Fsp3) is 0.333. The van der Waals surface area contributed by atoms with Gasteiger partial charge in [0.05, 0.1) is 0 Å². The normalized spacial score (nSPS) is 13.9. The van der Waals surface area contributed by atoms with Crippen molar-refractivity contribution in [2.45, 2.75) is 38.8 Å². The van der Waals surface area contributed by atoms with Gasteiger partial charge in [0.2, 0.25) is 0 Å². The van der Waals surface area contributed by atoms with Gasteiger partial charge in [0, 0.05) is 16.6 Å². The fourth-order valence-corrected chi connectivity index (χ4v) is 2.73. The average Bonchev–Trinajstić information content (AvgIpc) is 2.48. The molecule has 0 spiro atoms. The van der Waals surface area contributed by atoms with Crippen LogP contribution < -0.4 is 5.32 Å². The maximum atomic E-state index is 3.75. The van der Waals surface area contributed by atoms with Gasteiger partial charge in [-0.25, -0.2) is 0 Å². The van der Waals surface area contributed by atoms with E-state index in [1.54, 1.807) is 0 Å². The van der Waals surface area contributed by atoms with Crippen molar-refractivity contribution in [1.29, 1.82) is 0 Å². The monoisotopic (exact) mass is 331 g/mol. The average molecular weight is 332 g/mol. The molecule has 0 saturated heterocycles. The first-order valence-corrected chi connectivity index (χ1v) is 8.06. The Bertz CT molecular complexity index is 507. The van der Waals surface area contributed by atoms with Crippen molar-refractivity contribution in [3.8, 4) is 0 Å². The Morgan fingerprint density at radius 1 is 0.950 bits per heavy atom. The van der Waals surface area contributed by atoms with Crippen LogP contribution in [0.1, 0.15) is 49.9 Å². The van der Waals surface area contributed by atoms with Gasteiger partial charge in [0.25, 0.3) is 0 Å². The zero-order chi connectivity index (χ0) is 14.4. The number of hydrogen-bond donors (Lipinski definition) is 1. The van der Waals surface area contributed by atoms with Crippen molar-refractivity contribution in [1.82, 2.24) is 5.32 Å². The van der Waals surface area contributed by atoms with Crippen molar-refractivity contribution in [3.63, 3.8) is 0 Å². The maximum absolute atomic E-state index is 3.75. The first kappa shape index (κ1) is 15.3. The molecule has 1 N–H and O–H groups in total. The summed E-state index contributed by atoms with van der Waals surface area (Å²) in [4.78, 5) is 0. The minimum atomic E-state index is 0.347. The van der Waals surface area contributed by atoms with E-state index >= 15 is 0 Å². The summed E-state index contributed by atoms with van der Waals surface area (Å²) in [5.74, 6) is 0. The molecule has 0 radical (unpaired) electrons. The van der Waals surface area contributed by atoms with Crippen LogP contribution in [0.2, 0.25) is 0 Å². The van der Waals surface area contributed by atoms with Crippen LogP contribution in [0.25, 0.3) is 0 Å². The van der Waals surface area contributed by atoms with Gasteiger partial charge >= 0.3 is 0 Å². The summed E-state index contributed by atoms with van der Waals surface area (Å²) in [5.41, 5.74) is 2.70. The Balaban J connectivity index is 2.10. The molecule has 20 heavy (non-hydrogen) atoms. The highest BCUT2D eigenvalue weighted by Gasteiger charge is 2.14. The quantitative estimate of drug-likeness (QED) is 0.722. The van der Waals surface area contributed by atoms with E-state index in [2.05, 4.69) is 89.7 Å². The summed E-state index contributed by atoms with van der Waals surface area (Å²) in [6, 6.07) is 20.0. The van der Waals surface area contributed by atoms with E-state index in [1.807, 2.05) is 0 Å². The molecule has 2 rings (SSSR count). The first-order valence-electron chi connectivity index (χ1n) is 7.27. The summed E-state index contributed by atoms with van der Waals surface area (Å²) < 4.78 is 1.13. The molecule has 0 saturated carbocycles. The van der Waals surface area contributed by atoms with Gasteiger partial charge < -0.3 is 5.32 Å². The summed E-state index contributed by atoms with van der Waals surface area (Å²) >= 11 is 3.49. The van der Waals surface area contributed by atoms with Crippen molar-refractivity contribution >= 4 is 15.9 Å². The van der Waals surface area contributed by atoms with Crippen LogP contribution in [-0.4, -0.2) is 0 Å².